The summed E-state index contributed by atoms with van der Waals surface area (Å²) in [6.07, 6.45) is -4.01. The van der Waals surface area contributed by atoms with Crippen molar-refractivity contribution < 1.29 is 23.0 Å². The molecule has 0 saturated carbocycles. The molecule has 0 spiro atoms. The average Bonchev–Trinajstić information content (AvgIpc) is 2.80. The molecule has 9 heteroatoms. The van der Waals surface area contributed by atoms with E-state index in [1.165, 1.54) is 42.4 Å². The zero-order valence-electron chi connectivity index (χ0n) is 10.9. The Kier molecular flexibility index (Phi) is 4.73. The van der Waals surface area contributed by atoms with Crippen LogP contribution in [-0.2, 0) is 7.05 Å². The minimum atomic E-state index is -4.72. The number of aliphatic hydroxyl groups is 1. The highest BCUT2D eigenvalue weighted by atomic mass is 32.2. The van der Waals surface area contributed by atoms with Crippen LogP contribution in [-0.4, -0.2) is 32.0 Å². The van der Waals surface area contributed by atoms with Gasteiger partial charge in [0.25, 0.3) is 0 Å². The number of rotatable bonds is 5. The van der Waals surface area contributed by atoms with Gasteiger partial charge in [-0.1, -0.05) is 23.9 Å². The number of aromatic nitrogens is 3. The topological polar surface area (TPSA) is 60.2 Å². The first-order valence-corrected chi connectivity index (χ1v) is 6.84. The number of alkyl halides is 3. The van der Waals surface area contributed by atoms with Gasteiger partial charge >= 0.3 is 6.36 Å². The molecule has 1 heterocycles. The van der Waals surface area contributed by atoms with Crippen LogP contribution in [0.15, 0.2) is 35.7 Å². The molecule has 0 aliphatic heterocycles. The van der Waals surface area contributed by atoms with Crippen molar-refractivity contribution >= 4 is 11.8 Å². The molecule has 2 aromatic rings. The Balaban J connectivity index is 1.93. The summed E-state index contributed by atoms with van der Waals surface area (Å²) >= 11 is 1.30. The molecule has 0 amide bonds. The van der Waals surface area contributed by atoms with Crippen LogP contribution >= 0.6 is 11.8 Å². The molecule has 0 aliphatic rings. The maximum atomic E-state index is 12.0. The molecular weight excluding hydrogens is 307 g/mol. The summed E-state index contributed by atoms with van der Waals surface area (Å²) in [7, 11) is 1.78. The molecule has 0 bridgehead atoms. The molecule has 114 valence electrons. The molecule has 1 N–H and O–H groups in total. The van der Waals surface area contributed by atoms with Gasteiger partial charge in [-0.2, -0.15) is 0 Å². The molecular formula is C12H12F3N3O2S. The smallest absolute Gasteiger partial charge is 0.406 e. The number of halogens is 3. The molecule has 1 aromatic heterocycles. The molecule has 1 aromatic carbocycles. The van der Waals surface area contributed by atoms with Crippen molar-refractivity contribution in [3.05, 3.63) is 36.2 Å². The Hall–Kier alpha value is -1.74. The van der Waals surface area contributed by atoms with Crippen LogP contribution < -0.4 is 4.74 Å². The lowest BCUT2D eigenvalue weighted by Gasteiger charge is -2.12. The Labute approximate surface area is 122 Å². The van der Waals surface area contributed by atoms with Gasteiger partial charge in [0, 0.05) is 12.8 Å². The summed E-state index contributed by atoms with van der Waals surface area (Å²) in [5, 5.41) is 18.2. The van der Waals surface area contributed by atoms with Crippen molar-refractivity contribution in [2.45, 2.75) is 17.6 Å². The van der Waals surface area contributed by atoms with Crippen molar-refractivity contribution in [1.29, 1.82) is 0 Å². The fourth-order valence-corrected chi connectivity index (χ4v) is 2.40. The molecule has 0 fully saturated rings. The Morgan fingerprint density at radius 3 is 2.52 bits per heavy atom. The highest BCUT2D eigenvalue weighted by Crippen LogP contribution is 2.26. The zero-order valence-corrected chi connectivity index (χ0v) is 11.7. The van der Waals surface area contributed by atoms with E-state index in [9.17, 15) is 18.3 Å². The molecule has 0 radical (unpaired) electrons. The number of hydrogen-bond acceptors (Lipinski definition) is 5. The lowest BCUT2D eigenvalue weighted by Crippen LogP contribution is -2.17. The van der Waals surface area contributed by atoms with E-state index >= 15 is 0 Å². The fraction of sp³-hybridized carbons (Fsp3) is 0.333. The Bertz CT molecular complexity index is 586. The number of ether oxygens (including phenoxy) is 1. The third-order valence-electron chi connectivity index (χ3n) is 2.54. The maximum absolute atomic E-state index is 12.0. The van der Waals surface area contributed by atoms with Crippen LogP contribution in [0.25, 0.3) is 0 Å². The van der Waals surface area contributed by atoms with E-state index in [1.807, 2.05) is 0 Å². The van der Waals surface area contributed by atoms with E-state index in [2.05, 4.69) is 14.9 Å². The van der Waals surface area contributed by atoms with E-state index in [-0.39, 0.29) is 5.75 Å². The van der Waals surface area contributed by atoms with Crippen molar-refractivity contribution in [2.24, 2.45) is 7.05 Å². The largest absolute Gasteiger partial charge is 0.573 e. The second kappa shape index (κ2) is 6.35. The van der Waals surface area contributed by atoms with Crippen LogP contribution in [0.5, 0.6) is 5.75 Å². The summed E-state index contributed by atoms with van der Waals surface area (Å²) in [6.45, 7) is 0. The summed E-state index contributed by atoms with van der Waals surface area (Å²) < 4.78 is 41.5. The van der Waals surface area contributed by atoms with E-state index in [0.29, 0.717) is 16.5 Å². The lowest BCUT2D eigenvalue weighted by molar-refractivity contribution is -0.274. The van der Waals surface area contributed by atoms with Gasteiger partial charge in [-0.3, -0.25) is 0 Å². The molecule has 21 heavy (non-hydrogen) atoms. The number of nitrogens with zero attached hydrogens (tertiary/aromatic N) is 3. The molecule has 5 nitrogen and oxygen atoms in total. The lowest BCUT2D eigenvalue weighted by atomic mass is 10.1. The van der Waals surface area contributed by atoms with Crippen LogP contribution in [0.3, 0.4) is 0 Å². The van der Waals surface area contributed by atoms with Crippen molar-refractivity contribution in [3.8, 4) is 5.75 Å². The van der Waals surface area contributed by atoms with Crippen LogP contribution in [0.2, 0.25) is 0 Å². The number of aryl methyl sites for hydroxylation is 1. The first kappa shape index (κ1) is 15.6. The molecule has 0 unspecified atom stereocenters. The summed E-state index contributed by atoms with van der Waals surface area (Å²) in [5.74, 6) is -0.00848. The third kappa shape index (κ3) is 4.64. The normalized spacial score (nSPS) is 13.2. The number of benzene rings is 1. The Morgan fingerprint density at radius 2 is 2.00 bits per heavy atom. The predicted octanol–water partition coefficient (Wildman–Crippen LogP) is 2.54. The summed E-state index contributed by atoms with van der Waals surface area (Å²) in [5.41, 5.74) is 0.499. The van der Waals surface area contributed by atoms with Crippen molar-refractivity contribution in [2.75, 3.05) is 5.75 Å². The highest BCUT2D eigenvalue weighted by molar-refractivity contribution is 7.99. The van der Waals surface area contributed by atoms with Crippen molar-refractivity contribution in [3.63, 3.8) is 0 Å². The second-order valence-electron chi connectivity index (χ2n) is 4.17. The zero-order chi connectivity index (χ0) is 15.5. The van der Waals surface area contributed by atoms with E-state index < -0.39 is 12.5 Å². The Morgan fingerprint density at radius 1 is 1.33 bits per heavy atom. The third-order valence-corrected chi connectivity index (χ3v) is 3.65. The van der Waals surface area contributed by atoms with Gasteiger partial charge in [-0.15, -0.1) is 23.4 Å². The van der Waals surface area contributed by atoms with Gasteiger partial charge in [0.05, 0.1) is 6.10 Å². The maximum Gasteiger partial charge on any atom is 0.573 e. The van der Waals surface area contributed by atoms with E-state index in [0.717, 1.165) is 0 Å². The monoisotopic (exact) mass is 319 g/mol. The summed E-state index contributed by atoms with van der Waals surface area (Å²) in [6, 6.07) is 5.12. The molecule has 2 rings (SSSR count). The number of thioether (sulfide) groups is 1. The minimum absolute atomic E-state index is 0.312. The van der Waals surface area contributed by atoms with E-state index in [4.69, 9.17) is 0 Å². The van der Waals surface area contributed by atoms with Gasteiger partial charge in [0.1, 0.15) is 12.1 Å². The van der Waals surface area contributed by atoms with Gasteiger partial charge < -0.3 is 14.4 Å². The second-order valence-corrected chi connectivity index (χ2v) is 5.16. The van der Waals surface area contributed by atoms with Gasteiger partial charge in [0.15, 0.2) is 5.16 Å². The SMILES string of the molecule is Cn1cnnc1SC[C@H](O)c1ccc(OC(F)(F)F)cc1. The van der Waals surface area contributed by atoms with Crippen LogP contribution in [0.1, 0.15) is 11.7 Å². The average molecular weight is 319 g/mol. The number of hydrogen-bond donors (Lipinski definition) is 1. The van der Waals surface area contributed by atoms with Gasteiger partial charge in [-0.05, 0) is 17.7 Å². The number of aliphatic hydroxyl groups excluding tert-OH is 1. The van der Waals surface area contributed by atoms with Gasteiger partial charge in [0.2, 0.25) is 0 Å². The van der Waals surface area contributed by atoms with Crippen LogP contribution in [0, 0.1) is 0 Å². The van der Waals surface area contributed by atoms with E-state index in [1.54, 1.807) is 11.6 Å². The first-order valence-electron chi connectivity index (χ1n) is 5.86. The highest BCUT2D eigenvalue weighted by Gasteiger charge is 2.31. The summed E-state index contributed by atoms with van der Waals surface area (Å²) in [4.78, 5) is 0. The first-order chi connectivity index (χ1) is 9.85. The van der Waals surface area contributed by atoms with Crippen LogP contribution in [0.4, 0.5) is 13.2 Å². The van der Waals surface area contributed by atoms with Crippen molar-refractivity contribution in [1.82, 2.24) is 14.8 Å². The molecule has 0 saturated heterocycles. The molecule has 1 atom stereocenters. The predicted molar refractivity (Wildman–Crippen MR) is 69.8 cm³/mol. The standard InChI is InChI=1S/C12H12F3N3O2S/c1-18-7-16-17-11(18)21-6-10(19)8-2-4-9(5-3-8)20-12(13,14)15/h2-5,7,10,19H,6H2,1H3/t10-/m0/s1. The quantitative estimate of drug-likeness (QED) is 0.858. The molecule has 0 aliphatic carbocycles. The van der Waals surface area contributed by atoms with Gasteiger partial charge in [-0.25, -0.2) is 0 Å². The fourth-order valence-electron chi connectivity index (χ4n) is 1.54. The minimum Gasteiger partial charge on any atom is -0.406 e.